The van der Waals surface area contributed by atoms with Crippen molar-refractivity contribution in [3.8, 4) is 0 Å². The Balaban J connectivity index is 2.83. The van der Waals surface area contributed by atoms with Crippen LogP contribution in [-0.4, -0.2) is 22.2 Å². The highest BCUT2D eigenvalue weighted by Gasteiger charge is 2.43. The standard InChI is InChI=1S/C14H24O4/c1-3-5-9-7-11(13(15)16)12(14(17)18)8-10(9)6-4-2/h9-12H,3-8H2,1-2H3,(H,15,16)(H,17,18). The van der Waals surface area contributed by atoms with Gasteiger partial charge in [-0.05, 0) is 24.7 Å². The lowest BCUT2D eigenvalue weighted by molar-refractivity contribution is -0.158. The minimum Gasteiger partial charge on any atom is -0.481 e. The molecule has 2 N–H and O–H groups in total. The Bertz CT molecular complexity index is 270. The van der Waals surface area contributed by atoms with E-state index in [1.165, 1.54) is 0 Å². The predicted molar refractivity (Wildman–Crippen MR) is 68.3 cm³/mol. The topological polar surface area (TPSA) is 74.6 Å². The van der Waals surface area contributed by atoms with Crippen molar-refractivity contribution < 1.29 is 19.8 Å². The van der Waals surface area contributed by atoms with Gasteiger partial charge >= 0.3 is 11.9 Å². The van der Waals surface area contributed by atoms with Gasteiger partial charge in [-0.2, -0.15) is 0 Å². The highest BCUT2D eigenvalue weighted by atomic mass is 16.4. The molecular weight excluding hydrogens is 232 g/mol. The second-order valence-corrected chi connectivity index (χ2v) is 5.46. The van der Waals surface area contributed by atoms with E-state index in [2.05, 4.69) is 13.8 Å². The molecule has 0 aromatic heterocycles. The molecule has 1 rings (SSSR count). The maximum Gasteiger partial charge on any atom is 0.307 e. The molecule has 4 atom stereocenters. The number of rotatable bonds is 6. The van der Waals surface area contributed by atoms with E-state index in [4.69, 9.17) is 0 Å². The number of hydrogen-bond donors (Lipinski definition) is 2. The maximum atomic E-state index is 11.2. The van der Waals surface area contributed by atoms with Crippen LogP contribution in [0.2, 0.25) is 0 Å². The quantitative estimate of drug-likeness (QED) is 0.766. The summed E-state index contributed by atoms with van der Waals surface area (Å²) in [5, 5.41) is 18.4. The van der Waals surface area contributed by atoms with Crippen molar-refractivity contribution in [2.75, 3.05) is 0 Å². The molecule has 0 spiro atoms. The first-order chi connectivity index (χ1) is 8.51. The molecule has 0 amide bonds. The average molecular weight is 256 g/mol. The lowest BCUT2D eigenvalue weighted by Gasteiger charge is -2.38. The first-order valence-electron chi connectivity index (χ1n) is 6.96. The third kappa shape index (κ3) is 3.47. The molecule has 0 heterocycles. The molecule has 0 aromatic rings. The molecule has 1 aliphatic rings. The van der Waals surface area contributed by atoms with Gasteiger partial charge in [0.1, 0.15) is 0 Å². The van der Waals surface area contributed by atoms with Crippen LogP contribution in [0.1, 0.15) is 52.4 Å². The molecule has 0 radical (unpaired) electrons. The SMILES string of the molecule is CCCC1CC(C(=O)O)C(C(=O)O)CC1CCC. The molecule has 4 heteroatoms. The van der Waals surface area contributed by atoms with Crippen molar-refractivity contribution >= 4 is 11.9 Å². The van der Waals surface area contributed by atoms with Crippen LogP contribution < -0.4 is 0 Å². The van der Waals surface area contributed by atoms with E-state index in [0.29, 0.717) is 24.7 Å². The molecule has 4 unspecified atom stereocenters. The fourth-order valence-corrected chi connectivity index (χ4v) is 3.36. The van der Waals surface area contributed by atoms with Crippen molar-refractivity contribution in [1.29, 1.82) is 0 Å². The maximum absolute atomic E-state index is 11.2. The summed E-state index contributed by atoms with van der Waals surface area (Å²) in [6.07, 6.45) is 5.17. The summed E-state index contributed by atoms with van der Waals surface area (Å²) < 4.78 is 0. The molecule has 0 bridgehead atoms. The summed E-state index contributed by atoms with van der Waals surface area (Å²) in [6, 6.07) is 0. The van der Waals surface area contributed by atoms with Crippen LogP contribution in [0.3, 0.4) is 0 Å². The van der Waals surface area contributed by atoms with Crippen LogP contribution in [0.25, 0.3) is 0 Å². The highest BCUT2D eigenvalue weighted by Crippen LogP contribution is 2.42. The lowest BCUT2D eigenvalue weighted by Crippen LogP contribution is -2.39. The summed E-state index contributed by atoms with van der Waals surface area (Å²) in [4.78, 5) is 22.4. The Kier molecular flexibility index (Phi) is 5.63. The van der Waals surface area contributed by atoms with Gasteiger partial charge in [0.25, 0.3) is 0 Å². The third-order valence-electron chi connectivity index (χ3n) is 4.22. The highest BCUT2D eigenvalue weighted by molar-refractivity contribution is 5.80. The van der Waals surface area contributed by atoms with Gasteiger partial charge in [0.2, 0.25) is 0 Å². The Hall–Kier alpha value is -1.06. The van der Waals surface area contributed by atoms with Crippen molar-refractivity contribution in [3.05, 3.63) is 0 Å². The van der Waals surface area contributed by atoms with E-state index in [9.17, 15) is 19.8 Å². The van der Waals surface area contributed by atoms with Gasteiger partial charge < -0.3 is 10.2 Å². The van der Waals surface area contributed by atoms with Crippen LogP contribution in [-0.2, 0) is 9.59 Å². The van der Waals surface area contributed by atoms with Gasteiger partial charge in [-0.15, -0.1) is 0 Å². The van der Waals surface area contributed by atoms with Gasteiger partial charge in [0.15, 0.2) is 0 Å². The lowest BCUT2D eigenvalue weighted by atomic mass is 9.65. The van der Waals surface area contributed by atoms with Gasteiger partial charge in [0, 0.05) is 0 Å². The van der Waals surface area contributed by atoms with Gasteiger partial charge in [-0.1, -0.05) is 39.5 Å². The second kappa shape index (κ2) is 6.76. The minimum absolute atomic E-state index is 0.381. The molecule has 1 fully saturated rings. The first-order valence-corrected chi connectivity index (χ1v) is 6.96. The van der Waals surface area contributed by atoms with E-state index in [-0.39, 0.29) is 0 Å². The smallest absolute Gasteiger partial charge is 0.307 e. The van der Waals surface area contributed by atoms with E-state index in [1.54, 1.807) is 0 Å². The molecule has 4 nitrogen and oxygen atoms in total. The van der Waals surface area contributed by atoms with Crippen LogP contribution in [0.5, 0.6) is 0 Å². The predicted octanol–water partition coefficient (Wildman–Crippen LogP) is 3.01. The fraction of sp³-hybridized carbons (Fsp3) is 0.857. The van der Waals surface area contributed by atoms with Crippen molar-refractivity contribution in [3.63, 3.8) is 0 Å². The van der Waals surface area contributed by atoms with E-state index in [1.807, 2.05) is 0 Å². The van der Waals surface area contributed by atoms with Gasteiger partial charge in [-0.3, -0.25) is 9.59 Å². The first kappa shape index (κ1) is 15.0. The van der Waals surface area contributed by atoms with Crippen LogP contribution in [0, 0.1) is 23.7 Å². The Labute approximate surface area is 108 Å². The van der Waals surface area contributed by atoms with Gasteiger partial charge in [0.05, 0.1) is 11.8 Å². The number of carboxylic acid groups (broad SMARTS) is 2. The van der Waals surface area contributed by atoms with E-state index >= 15 is 0 Å². The zero-order valence-electron chi connectivity index (χ0n) is 11.3. The summed E-state index contributed by atoms with van der Waals surface area (Å²) in [6.45, 7) is 4.20. The summed E-state index contributed by atoms with van der Waals surface area (Å²) >= 11 is 0. The van der Waals surface area contributed by atoms with Crippen LogP contribution in [0.15, 0.2) is 0 Å². The number of hydrogen-bond acceptors (Lipinski definition) is 2. The summed E-state index contributed by atoms with van der Waals surface area (Å²) in [5.74, 6) is -2.53. The van der Waals surface area contributed by atoms with Crippen LogP contribution >= 0.6 is 0 Å². The number of carboxylic acids is 2. The van der Waals surface area contributed by atoms with E-state index in [0.717, 1.165) is 25.7 Å². The van der Waals surface area contributed by atoms with E-state index < -0.39 is 23.8 Å². The fourth-order valence-electron chi connectivity index (χ4n) is 3.36. The third-order valence-corrected chi connectivity index (χ3v) is 4.22. The number of aliphatic carboxylic acids is 2. The summed E-state index contributed by atoms with van der Waals surface area (Å²) in [7, 11) is 0. The molecule has 104 valence electrons. The molecule has 0 aliphatic heterocycles. The zero-order valence-corrected chi connectivity index (χ0v) is 11.3. The zero-order chi connectivity index (χ0) is 13.7. The number of carbonyl (C=O) groups is 2. The Morgan fingerprint density at radius 3 is 1.44 bits per heavy atom. The van der Waals surface area contributed by atoms with Crippen molar-refractivity contribution in [2.24, 2.45) is 23.7 Å². The molecule has 18 heavy (non-hydrogen) atoms. The monoisotopic (exact) mass is 256 g/mol. The second-order valence-electron chi connectivity index (χ2n) is 5.46. The summed E-state index contributed by atoms with van der Waals surface area (Å²) in [5.41, 5.74) is 0. The molecule has 0 saturated heterocycles. The normalized spacial score (nSPS) is 32.1. The molecule has 1 aliphatic carbocycles. The molecule has 1 saturated carbocycles. The molecule has 0 aromatic carbocycles. The molecular formula is C14H24O4. The average Bonchev–Trinajstić information content (AvgIpc) is 2.30. The van der Waals surface area contributed by atoms with Crippen molar-refractivity contribution in [1.82, 2.24) is 0 Å². The van der Waals surface area contributed by atoms with Crippen molar-refractivity contribution in [2.45, 2.75) is 52.4 Å². The van der Waals surface area contributed by atoms with Gasteiger partial charge in [-0.25, -0.2) is 0 Å². The Morgan fingerprint density at radius 1 is 0.889 bits per heavy atom. The largest absolute Gasteiger partial charge is 0.481 e. The minimum atomic E-state index is -0.946. The van der Waals surface area contributed by atoms with Crippen LogP contribution in [0.4, 0.5) is 0 Å². The Morgan fingerprint density at radius 2 is 1.22 bits per heavy atom.